The van der Waals surface area contributed by atoms with Crippen LogP contribution in [-0.4, -0.2) is 6.26 Å². The van der Waals surface area contributed by atoms with Crippen LogP contribution < -0.4 is 0 Å². The van der Waals surface area contributed by atoms with Gasteiger partial charge in [0.05, 0.1) is 0 Å². The highest BCUT2D eigenvalue weighted by Gasteiger charge is 1.81. The number of thiophene rings is 1. The zero-order chi connectivity index (χ0) is 6.53. The van der Waals surface area contributed by atoms with Gasteiger partial charge in [-0.1, -0.05) is 6.07 Å². The predicted molar refractivity (Wildman–Crippen MR) is 46.9 cm³/mol. The Kier molecular flexibility index (Phi) is 2.87. The smallest absolute Gasteiger partial charge is 0.0275 e. The molecule has 0 fully saturated rings. The molecule has 0 nitrogen and oxygen atoms in total. The van der Waals surface area contributed by atoms with Crippen LogP contribution in [0.5, 0.6) is 0 Å². The van der Waals surface area contributed by atoms with Crippen molar-refractivity contribution in [3.63, 3.8) is 0 Å². The fraction of sp³-hybridized carbons (Fsp3) is 0.143. The fourth-order valence-electron chi connectivity index (χ4n) is 0.521. The molecule has 0 aliphatic rings. The SMILES string of the molecule is CSC=Cc1cccs1. The van der Waals surface area contributed by atoms with Crippen LogP contribution in [0.3, 0.4) is 0 Å². The van der Waals surface area contributed by atoms with E-state index in [1.807, 2.05) is 0 Å². The van der Waals surface area contributed by atoms with E-state index in [0.717, 1.165) is 0 Å². The Labute approximate surface area is 63.6 Å². The van der Waals surface area contributed by atoms with Crippen molar-refractivity contribution >= 4 is 29.2 Å². The molecule has 0 aliphatic carbocycles. The van der Waals surface area contributed by atoms with Gasteiger partial charge in [-0.2, -0.15) is 0 Å². The van der Waals surface area contributed by atoms with Crippen LogP contribution >= 0.6 is 23.1 Å². The lowest BCUT2D eigenvalue weighted by Gasteiger charge is -1.78. The minimum atomic E-state index is 1.32. The van der Waals surface area contributed by atoms with Crippen LogP contribution in [0.25, 0.3) is 6.08 Å². The van der Waals surface area contributed by atoms with Gasteiger partial charge in [0, 0.05) is 4.88 Å². The third-order valence-electron chi connectivity index (χ3n) is 0.912. The second-order valence-electron chi connectivity index (χ2n) is 1.55. The number of hydrogen-bond donors (Lipinski definition) is 0. The molecule has 2 heteroatoms. The molecule has 48 valence electrons. The van der Waals surface area contributed by atoms with Crippen molar-refractivity contribution in [3.8, 4) is 0 Å². The van der Waals surface area contributed by atoms with E-state index in [1.54, 1.807) is 23.1 Å². The normalized spacial score (nSPS) is 10.8. The third kappa shape index (κ3) is 2.24. The quantitative estimate of drug-likeness (QED) is 0.634. The predicted octanol–water partition coefficient (Wildman–Crippen LogP) is 3.08. The summed E-state index contributed by atoms with van der Waals surface area (Å²) in [6.07, 6.45) is 4.18. The maximum Gasteiger partial charge on any atom is 0.0275 e. The Balaban J connectivity index is 2.57. The molecule has 1 heterocycles. The molecule has 0 N–H and O–H groups in total. The molecule has 0 unspecified atom stereocenters. The molecule has 0 amide bonds. The molecule has 0 saturated carbocycles. The number of thioether (sulfide) groups is 1. The van der Waals surface area contributed by atoms with Crippen molar-refractivity contribution in [1.29, 1.82) is 0 Å². The Morgan fingerprint density at radius 1 is 1.67 bits per heavy atom. The molecule has 0 atom stereocenters. The van der Waals surface area contributed by atoms with E-state index in [1.165, 1.54) is 4.88 Å². The minimum absolute atomic E-state index is 1.32. The van der Waals surface area contributed by atoms with Crippen molar-refractivity contribution in [1.82, 2.24) is 0 Å². The molecule has 0 aromatic carbocycles. The summed E-state index contributed by atoms with van der Waals surface area (Å²) in [5.41, 5.74) is 0. The van der Waals surface area contributed by atoms with Gasteiger partial charge in [0.1, 0.15) is 0 Å². The first-order valence-corrected chi connectivity index (χ1v) is 4.83. The summed E-state index contributed by atoms with van der Waals surface area (Å²) in [6, 6.07) is 4.17. The average Bonchev–Trinajstić information content (AvgIpc) is 2.34. The third-order valence-corrected chi connectivity index (χ3v) is 2.16. The lowest BCUT2D eigenvalue weighted by Crippen LogP contribution is -1.51. The second-order valence-corrected chi connectivity index (χ2v) is 3.28. The van der Waals surface area contributed by atoms with Crippen LogP contribution in [-0.2, 0) is 0 Å². The molecule has 0 spiro atoms. The monoisotopic (exact) mass is 156 g/mol. The Bertz CT molecular complexity index is 175. The van der Waals surface area contributed by atoms with Gasteiger partial charge in [-0.05, 0) is 29.2 Å². The van der Waals surface area contributed by atoms with Crippen LogP contribution in [0, 0.1) is 0 Å². The molecule has 0 radical (unpaired) electrons. The summed E-state index contributed by atoms with van der Waals surface area (Å²) in [7, 11) is 0. The maximum atomic E-state index is 2.12. The standard InChI is InChI=1S/C7H8S2/c1-8-6-4-7-3-2-5-9-7/h2-6H,1H3. The first-order chi connectivity index (χ1) is 4.43. The summed E-state index contributed by atoms with van der Waals surface area (Å²) in [6.45, 7) is 0. The average molecular weight is 156 g/mol. The van der Waals surface area contributed by atoms with Crippen molar-refractivity contribution in [3.05, 3.63) is 27.8 Å². The van der Waals surface area contributed by atoms with E-state index in [0.29, 0.717) is 0 Å². The van der Waals surface area contributed by atoms with E-state index < -0.39 is 0 Å². The lowest BCUT2D eigenvalue weighted by atomic mass is 10.5. The Morgan fingerprint density at radius 3 is 3.11 bits per heavy atom. The summed E-state index contributed by atoms with van der Waals surface area (Å²) in [5.74, 6) is 0. The Hall–Kier alpha value is -0.210. The largest absolute Gasteiger partial charge is 0.144 e. The molecule has 1 rings (SSSR count). The van der Waals surface area contributed by atoms with Gasteiger partial charge < -0.3 is 0 Å². The summed E-state index contributed by atoms with van der Waals surface area (Å²) in [4.78, 5) is 1.32. The number of rotatable bonds is 2. The van der Waals surface area contributed by atoms with Crippen molar-refractivity contribution in [2.24, 2.45) is 0 Å². The molecular weight excluding hydrogens is 148 g/mol. The topological polar surface area (TPSA) is 0 Å². The molecule has 0 aliphatic heterocycles. The molecular formula is C7H8S2. The first-order valence-electron chi connectivity index (χ1n) is 2.66. The minimum Gasteiger partial charge on any atom is -0.144 e. The Morgan fingerprint density at radius 2 is 2.56 bits per heavy atom. The highest BCUT2D eigenvalue weighted by Crippen LogP contribution is 2.11. The molecule has 0 bridgehead atoms. The number of hydrogen-bond acceptors (Lipinski definition) is 2. The van der Waals surface area contributed by atoms with E-state index in [-0.39, 0.29) is 0 Å². The molecule has 1 aromatic heterocycles. The highest BCUT2D eigenvalue weighted by atomic mass is 32.2. The van der Waals surface area contributed by atoms with Crippen LogP contribution in [0.4, 0.5) is 0 Å². The fourth-order valence-corrected chi connectivity index (χ4v) is 1.51. The van der Waals surface area contributed by atoms with Gasteiger partial charge in [-0.3, -0.25) is 0 Å². The van der Waals surface area contributed by atoms with Crippen LogP contribution in [0.15, 0.2) is 22.9 Å². The van der Waals surface area contributed by atoms with Gasteiger partial charge in [-0.15, -0.1) is 23.1 Å². The molecule has 1 aromatic rings. The van der Waals surface area contributed by atoms with E-state index in [4.69, 9.17) is 0 Å². The van der Waals surface area contributed by atoms with Gasteiger partial charge in [0.2, 0.25) is 0 Å². The second kappa shape index (κ2) is 3.75. The molecule has 0 saturated heterocycles. The summed E-state index contributed by atoms with van der Waals surface area (Å²) < 4.78 is 0. The van der Waals surface area contributed by atoms with Gasteiger partial charge in [0.25, 0.3) is 0 Å². The van der Waals surface area contributed by atoms with Crippen molar-refractivity contribution in [2.75, 3.05) is 6.26 Å². The summed E-state index contributed by atoms with van der Waals surface area (Å²) in [5, 5.41) is 4.17. The van der Waals surface area contributed by atoms with Crippen LogP contribution in [0.1, 0.15) is 4.88 Å². The lowest BCUT2D eigenvalue weighted by molar-refractivity contribution is 1.96. The van der Waals surface area contributed by atoms with Gasteiger partial charge in [0.15, 0.2) is 0 Å². The van der Waals surface area contributed by atoms with E-state index in [2.05, 4.69) is 35.3 Å². The van der Waals surface area contributed by atoms with E-state index >= 15 is 0 Å². The van der Waals surface area contributed by atoms with Gasteiger partial charge >= 0.3 is 0 Å². The van der Waals surface area contributed by atoms with Gasteiger partial charge in [-0.25, -0.2) is 0 Å². The molecule has 9 heavy (non-hydrogen) atoms. The van der Waals surface area contributed by atoms with Crippen molar-refractivity contribution in [2.45, 2.75) is 0 Å². The zero-order valence-corrected chi connectivity index (χ0v) is 6.84. The van der Waals surface area contributed by atoms with Crippen molar-refractivity contribution < 1.29 is 0 Å². The van der Waals surface area contributed by atoms with Crippen LogP contribution in [0.2, 0.25) is 0 Å². The van der Waals surface area contributed by atoms with E-state index in [9.17, 15) is 0 Å². The zero-order valence-electron chi connectivity index (χ0n) is 5.20. The maximum absolute atomic E-state index is 2.12. The first kappa shape index (κ1) is 6.90. The summed E-state index contributed by atoms with van der Waals surface area (Å²) >= 11 is 3.49. The highest BCUT2D eigenvalue weighted by molar-refractivity contribution is 8.01.